The van der Waals surface area contributed by atoms with Gasteiger partial charge < -0.3 is 4.57 Å². The van der Waals surface area contributed by atoms with Gasteiger partial charge in [-0.15, -0.1) is 11.6 Å². The number of rotatable bonds is 2. The van der Waals surface area contributed by atoms with Gasteiger partial charge in [0.2, 0.25) is 0 Å². The van der Waals surface area contributed by atoms with Gasteiger partial charge in [-0.05, 0) is 23.8 Å². The van der Waals surface area contributed by atoms with Crippen LogP contribution in [-0.4, -0.2) is 4.57 Å². The summed E-state index contributed by atoms with van der Waals surface area (Å²) in [6.07, 6.45) is -4.56. The molecular weight excluding hydrogens is 321 g/mol. The highest BCUT2D eigenvalue weighted by molar-refractivity contribution is 6.32. The van der Waals surface area contributed by atoms with E-state index >= 15 is 0 Å². The highest BCUT2D eigenvalue weighted by atomic mass is 35.5. The van der Waals surface area contributed by atoms with E-state index in [0.29, 0.717) is 16.3 Å². The lowest BCUT2D eigenvalue weighted by molar-refractivity contribution is -0.142. The minimum absolute atomic E-state index is 0.295. The second-order valence-electron chi connectivity index (χ2n) is 3.78. The van der Waals surface area contributed by atoms with E-state index in [4.69, 9.17) is 34.8 Å². The van der Waals surface area contributed by atoms with Gasteiger partial charge in [-0.2, -0.15) is 13.2 Å². The Balaban J connectivity index is 2.62. The van der Waals surface area contributed by atoms with Crippen molar-refractivity contribution in [3.8, 4) is 11.3 Å². The number of hydrogen-bond donors (Lipinski definition) is 0. The monoisotopic (exact) mass is 327 g/mol. The van der Waals surface area contributed by atoms with Gasteiger partial charge in [0.1, 0.15) is 5.69 Å². The summed E-state index contributed by atoms with van der Waals surface area (Å²) in [6.45, 7) is 0. The van der Waals surface area contributed by atoms with Gasteiger partial charge in [-0.1, -0.05) is 35.3 Å². The van der Waals surface area contributed by atoms with E-state index in [2.05, 4.69) is 0 Å². The molecule has 0 amide bonds. The molecule has 0 atom stereocenters. The highest BCUT2D eigenvalue weighted by Gasteiger charge is 2.38. The normalized spacial score (nSPS) is 11.9. The minimum atomic E-state index is -4.56. The smallest absolute Gasteiger partial charge is 0.321 e. The Bertz CT molecular complexity index is 588. The van der Waals surface area contributed by atoms with Gasteiger partial charge in [0, 0.05) is 5.02 Å². The Hall–Kier alpha value is -0.840. The molecule has 0 aliphatic heterocycles. The fraction of sp³-hybridized carbons (Fsp3) is 0.167. The largest absolute Gasteiger partial charge is 0.432 e. The van der Waals surface area contributed by atoms with Crippen LogP contribution >= 0.6 is 34.8 Å². The number of nitrogens with zero attached hydrogens (tertiary/aromatic N) is 1. The van der Waals surface area contributed by atoms with Crippen LogP contribution in [0.25, 0.3) is 11.3 Å². The highest BCUT2D eigenvalue weighted by Crippen LogP contribution is 2.40. The molecule has 102 valence electrons. The first-order valence-electron chi connectivity index (χ1n) is 5.12. The second-order valence-corrected chi connectivity index (χ2v) is 4.86. The molecular formula is C12H7Cl3F3N. The standard InChI is InChI=1S/C12H7Cl3F3N/c13-6-19-10(7-1-3-8(14)4-2-7)5-9(15)11(19)12(16,17)18/h1-5H,6H2. The zero-order valence-corrected chi connectivity index (χ0v) is 11.6. The molecule has 0 aliphatic rings. The molecule has 1 aromatic heterocycles. The number of hydrogen-bond acceptors (Lipinski definition) is 0. The fourth-order valence-electron chi connectivity index (χ4n) is 1.79. The lowest BCUT2D eigenvalue weighted by Crippen LogP contribution is -2.13. The van der Waals surface area contributed by atoms with E-state index < -0.39 is 11.9 Å². The van der Waals surface area contributed by atoms with Crippen LogP contribution < -0.4 is 0 Å². The average Bonchev–Trinajstić information content (AvgIpc) is 2.66. The van der Waals surface area contributed by atoms with E-state index in [1.165, 1.54) is 6.07 Å². The van der Waals surface area contributed by atoms with Crippen LogP contribution in [0.2, 0.25) is 10.0 Å². The number of alkyl halides is 4. The molecule has 1 nitrogen and oxygen atoms in total. The van der Waals surface area contributed by atoms with Crippen molar-refractivity contribution in [3.63, 3.8) is 0 Å². The maximum atomic E-state index is 12.9. The van der Waals surface area contributed by atoms with E-state index in [9.17, 15) is 13.2 Å². The van der Waals surface area contributed by atoms with Crippen molar-refractivity contribution in [3.05, 3.63) is 46.1 Å². The topological polar surface area (TPSA) is 4.93 Å². The van der Waals surface area contributed by atoms with Crippen molar-refractivity contribution in [1.82, 2.24) is 4.57 Å². The van der Waals surface area contributed by atoms with Crippen molar-refractivity contribution in [2.45, 2.75) is 12.2 Å². The Morgan fingerprint density at radius 3 is 2.11 bits per heavy atom. The number of aromatic nitrogens is 1. The zero-order chi connectivity index (χ0) is 14.2. The van der Waals surface area contributed by atoms with Crippen molar-refractivity contribution in [2.24, 2.45) is 0 Å². The fourth-order valence-corrected chi connectivity index (χ4v) is 2.47. The molecule has 7 heteroatoms. The van der Waals surface area contributed by atoms with Crippen molar-refractivity contribution in [1.29, 1.82) is 0 Å². The van der Waals surface area contributed by atoms with Gasteiger partial charge in [-0.3, -0.25) is 0 Å². The first-order chi connectivity index (χ1) is 8.84. The summed E-state index contributed by atoms with van der Waals surface area (Å²) in [4.78, 5) is 0. The molecule has 0 fully saturated rings. The molecule has 0 N–H and O–H groups in total. The van der Waals surface area contributed by atoms with Crippen molar-refractivity contribution < 1.29 is 13.2 Å². The summed E-state index contributed by atoms with van der Waals surface area (Å²) in [6, 6.07) is 7.29. The van der Waals surface area contributed by atoms with Gasteiger partial charge in [-0.25, -0.2) is 0 Å². The average molecular weight is 329 g/mol. The Kier molecular flexibility index (Phi) is 4.04. The third-order valence-corrected chi connectivity index (χ3v) is 3.36. The van der Waals surface area contributed by atoms with E-state index in [0.717, 1.165) is 4.57 Å². The summed E-state index contributed by atoms with van der Waals surface area (Å²) in [7, 11) is 0. The molecule has 2 rings (SSSR count). The number of halogens is 6. The molecule has 2 aromatic rings. The van der Waals surface area contributed by atoms with Crippen LogP contribution in [0, 0.1) is 0 Å². The SMILES string of the molecule is FC(F)(F)c1c(Cl)cc(-c2ccc(Cl)cc2)n1CCl. The van der Waals surface area contributed by atoms with Crippen molar-refractivity contribution in [2.75, 3.05) is 0 Å². The molecule has 0 radical (unpaired) electrons. The third-order valence-electron chi connectivity index (χ3n) is 2.58. The summed E-state index contributed by atoms with van der Waals surface area (Å²) in [5.74, 6) is 0. The summed E-state index contributed by atoms with van der Waals surface area (Å²) < 4.78 is 39.6. The van der Waals surface area contributed by atoms with Crippen LogP contribution in [0.15, 0.2) is 30.3 Å². The summed E-state index contributed by atoms with van der Waals surface area (Å²) >= 11 is 17.0. The van der Waals surface area contributed by atoms with Gasteiger partial charge in [0.15, 0.2) is 0 Å². The Morgan fingerprint density at radius 2 is 1.63 bits per heavy atom. The van der Waals surface area contributed by atoms with Crippen LogP contribution in [0.1, 0.15) is 5.69 Å². The molecule has 0 aliphatic carbocycles. The van der Waals surface area contributed by atoms with Crippen LogP contribution in [-0.2, 0) is 12.2 Å². The molecule has 0 bridgehead atoms. The molecule has 0 unspecified atom stereocenters. The first kappa shape index (κ1) is 14.6. The quantitative estimate of drug-likeness (QED) is 0.625. The predicted molar refractivity (Wildman–Crippen MR) is 70.7 cm³/mol. The van der Waals surface area contributed by atoms with Gasteiger partial charge >= 0.3 is 6.18 Å². The maximum Gasteiger partial charge on any atom is 0.432 e. The third kappa shape index (κ3) is 2.86. The van der Waals surface area contributed by atoms with E-state index in [1.54, 1.807) is 24.3 Å². The maximum absolute atomic E-state index is 12.9. The van der Waals surface area contributed by atoms with Crippen LogP contribution in [0.4, 0.5) is 13.2 Å². The van der Waals surface area contributed by atoms with Gasteiger partial charge in [0.05, 0.1) is 16.7 Å². The summed E-state index contributed by atoms with van der Waals surface area (Å²) in [5.41, 5.74) is -0.0967. The van der Waals surface area contributed by atoms with Gasteiger partial charge in [0.25, 0.3) is 0 Å². The number of benzene rings is 1. The van der Waals surface area contributed by atoms with Crippen LogP contribution in [0.3, 0.4) is 0 Å². The molecule has 1 aromatic carbocycles. The Morgan fingerprint density at radius 1 is 1.05 bits per heavy atom. The zero-order valence-electron chi connectivity index (χ0n) is 9.31. The van der Waals surface area contributed by atoms with E-state index in [-0.39, 0.29) is 11.0 Å². The summed E-state index contributed by atoms with van der Waals surface area (Å²) in [5, 5.41) is 0.118. The predicted octanol–water partition coefficient (Wildman–Crippen LogP) is 5.68. The second kappa shape index (κ2) is 5.27. The molecule has 0 saturated carbocycles. The molecule has 0 saturated heterocycles. The van der Waals surface area contributed by atoms with Crippen LogP contribution in [0.5, 0.6) is 0 Å². The molecule has 0 spiro atoms. The Labute approximate surface area is 122 Å². The minimum Gasteiger partial charge on any atom is -0.321 e. The molecule has 19 heavy (non-hydrogen) atoms. The molecule has 1 heterocycles. The van der Waals surface area contributed by atoms with Crippen molar-refractivity contribution >= 4 is 34.8 Å². The lowest BCUT2D eigenvalue weighted by atomic mass is 10.1. The first-order valence-corrected chi connectivity index (χ1v) is 6.41. The lowest BCUT2D eigenvalue weighted by Gasteiger charge is -2.13. The van der Waals surface area contributed by atoms with E-state index in [1.807, 2.05) is 0 Å².